The smallest absolute Gasteiger partial charge is 0.115 e. The summed E-state index contributed by atoms with van der Waals surface area (Å²) in [6, 6.07) is 10.2. The standard InChI is InChI=1S/C14H13N3/c1-10-3-4-11(2)12(7-10)13(8-15)14-5-6-16-9-17-14/h3-7,9,13H,1-2H3. The van der Waals surface area contributed by atoms with Gasteiger partial charge >= 0.3 is 0 Å². The van der Waals surface area contributed by atoms with E-state index in [2.05, 4.69) is 16.0 Å². The largest absolute Gasteiger partial charge is 0.245 e. The molecule has 0 amide bonds. The van der Waals surface area contributed by atoms with Crippen LogP contribution >= 0.6 is 0 Å². The van der Waals surface area contributed by atoms with E-state index in [0.29, 0.717) is 0 Å². The first-order chi connectivity index (χ1) is 8.22. The van der Waals surface area contributed by atoms with Crippen molar-refractivity contribution in [2.75, 3.05) is 0 Å². The van der Waals surface area contributed by atoms with Crippen LogP contribution in [0.25, 0.3) is 0 Å². The van der Waals surface area contributed by atoms with E-state index >= 15 is 0 Å². The average molecular weight is 223 g/mol. The molecule has 0 bridgehead atoms. The maximum atomic E-state index is 9.34. The lowest BCUT2D eigenvalue weighted by Crippen LogP contribution is -2.03. The van der Waals surface area contributed by atoms with Crippen LogP contribution in [0, 0.1) is 25.2 Å². The first-order valence-corrected chi connectivity index (χ1v) is 5.45. The predicted molar refractivity (Wildman–Crippen MR) is 65.4 cm³/mol. The van der Waals surface area contributed by atoms with Gasteiger partial charge in [0.15, 0.2) is 0 Å². The Morgan fingerprint density at radius 2 is 2.06 bits per heavy atom. The summed E-state index contributed by atoms with van der Waals surface area (Å²) in [6.45, 7) is 4.04. The van der Waals surface area contributed by atoms with Crippen molar-refractivity contribution in [2.24, 2.45) is 0 Å². The Labute approximate surface area is 101 Å². The highest BCUT2D eigenvalue weighted by Gasteiger charge is 2.16. The molecule has 1 aromatic heterocycles. The molecule has 1 aromatic carbocycles. The monoisotopic (exact) mass is 223 g/mol. The third kappa shape index (κ3) is 2.31. The summed E-state index contributed by atoms with van der Waals surface area (Å²) in [5.74, 6) is -0.321. The summed E-state index contributed by atoms with van der Waals surface area (Å²) in [7, 11) is 0. The minimum Gasteiger partial charge on any atom is -0.245 e. The van der Waals surface area contributed by atoms with Crippen molar-refractivity contribution >= 4 is 0 Å². The van der Waals surface area contributed by atoms with Crippen molar-refractivity contribution in [3.63, 3.8) is 0 Å². The van der Waals surface area contributed by atoms with Gasteiger partial charge in [-0.2, -0.15) is 5.26 Å². The van der Waals surface area contributed by atoms with Gasteiger partial charge in [-0.15, -0.1) is 0 Å². The Kier molecular flexibility index (Phi) is 3.15. The van der Waals surface area contributed by atoms with Crippen LogP contribution in [0.2, 0.25) is 0 Å². The van der Waals surface area contributed by atoms with E-state index < -0.39 is 0 Å². The molecule has 0 N–H and O–H groups in total. The Morgan fingerprint density at radius 1 is 1.24 bits per heavy atom. The summed E-state index contributed by atoms with van der Waals surface area (Å²) in [4.78, 5) is 8.04. The van der Waals surface area contributed by atoms with E-state index in [4.69, 9.17) is 0 Å². The highest BCUT2D eigenvalue weighted by Crippen LogP contribution is 2.25. The van der Waals surface area contributed by atoms with E-state index in [1.165, 1.54) is 6.33 Å². The van der Waals surface area contributed by atoms with Gasteiger partial charge in [-0.3, -0.25) is 0 Å². The van der Waals surface area contributed by atoms with Crippen LogP contribution in [-0.2, 0) is 0 Å². The molecule has 0 fully saturated rings. The summed E-state index contributed by atoms with van der Waals surface area (Å²) in [5.41, 5.74) is 4.03. The molecule has 17 heavy (non-hydrogen) atoms. The number of hydrogen-bond acceptors (Lipinski definition) is 3. The van der Waals surface area contributed by atoms with Crippen molar-refractivity contribution < 1.29 is 0 Å². The van der Waals surface area contributed by atoms with Crippen LogP contribution in [0.15, 0.2) is 36.8 Å². The van der Waals surface area contributed by atoms with Crippen LogP contribution in [0.5, 0.6) is 0 Å². The lowest BCUT2D eigenvalue weighted by Gasteiger charge is -2.12. The van der Waals surface area contributed by atoms with Gasteiger partial charge in [0, 0.05) is 6.20 Å². The number of aromatic nitrogens is 2. The van der Waals surface area contributed by atoms with E-state index in [9.17, 15) is 5.26 Å². The fourth-order valence-electron chi connectivity index (χ4n) is 1.84. The summed E-state index contributed by atoms with van der Waals surface area (Å²) >= 11 is 0. The summed E-state index contributed by atoms with van der Waals surface area (Å²) < 4.78 is 0. The highest BCUT2D eigenvalue weighted by molar-refractivity contribution is 5.41. The first-order valence-electron chi connectivity index (χ1n) is 5.45. The first kappa shape index (κ1) is 11.3. The fraction of sp³-hybridized carbons (Fsp3) is 0.214. The van der Waals surface area contributed by atoms with E-state index in [-0.39, 0.29) is 5.92 Å². The molecule has 0 aliphatic heterocycles. The molecular formula is C14H13N3. The number of benzene rings is 1. The lowest BCUT2D eigenvalue weighted by molar-refractivity contribution is 0.932. The van der Waals surface area contributed by atoms with Crippen molar-refractivity contribution in [3.8, 4) is 6.07 Å². The Hall–Kier alpha value is -2.21. The van der Waals surface area contributed by atoms with Gasteiger partial charge in [0.25, 0.3) is 0 Å². The van der Waals surface area contributed by atoms with E-state index in [1.54, 1.807) is 12.3 Å². The van der Waals surface area contributed by atoms with E-state index in [0.717, 1.165) is 22.4 Å². The van der Waals surface area contributed by atoms with Crippen molar-refractivity contribution in [1.29, 1.82) is 5.26 Å². The lowest BCUT2D eigenvalue weighted by atomic mass is 9.92. The molecule has 0 radical (unpaired) electrons. The van der Waals surface area contributed by atoms with Gasteiger partial charge in [0.2, 0.25) is 0 Å². The van der Waals surface area contributed by atoms with E-state index in [1.807, 2.05) is 32.0 Å². The molecule has 2 rings (SSSR count). The molecule has 0 aliphatic carbocycles. The van der Waals surface area contributed by atoms with Crippen LogP contribution in [0.1, 0.15) is 28.3 Å². The number of hydrogen-bond donors (Lipinski definition) is 0. The highest BCUT2D eigenvalue weighted by atomic mass is 14.8. The third-order valence-electron chi connectivity index (χ3n) is 2.78. The minimum atomic E-state index is -0.321. The Balaban J connectivity index is 2.51. The summed E-state index contributed by atoms with van der Waals surface area (Å²) in [6.07, 6.45) is 3.14. The second kappa shape index (κ2) is 4.75. The SMILES string of the molecule is Cc1ccc(C)c(C(C#N)c2ccncn2)c1. The maximum absolute atomic E-state index is 9.34. The Morgan fingerprint density at radius 3 is 2.71 bits per heavy atom. The van der Waals surface area contributed by atoms with Gasteiger partial charge < -0.3 is 0 Å². The normalized spacial score (nSPS) is 11.8. The number of aryl methyl sites for hydroxylation is 2. The average Bonchev–Trinajstić information content (AvgIpc) is 2.36. The zero-order valence-electron chi connectivity index (χ0n) is 9.88. The molecule has 3 nitrogen and oxygen atoms in total. The Bertz CT molecular complexity index is 555. The summed E-state index contributed by atoms with van der Waals surface area (Å²) in [5, 5.41) is 9.34. The second-order valence-electron chi connectivity index (χ2n) is 4.06. The number of rotatable bonds is 2. The number of nitriles is 1. The number of nitrogens with zero attached hydrogens (tertiary/aromatic N) is 3. The molecule has 1 unspecified atom stereocenters. The van der Waals surface area contributed by atoms with Gasteiger partial charge in [0.1, 0.15) is 12.2 Å². The van der Waals surface area contributed by atoms with Crippen LogP contribution in [0.3, 0.4) is 0 Å². The molecule has 0 spiro atoms. The molecule has 3 heteroatoms. The zero-order chi connectivity index (χ0) is 12.3. The predicted octanol–water partition coefficient (Wildman–Crippen LogP) is 2.75. The van der Waals surface area contributed by atoms with Crippen LogP contribution < -0.4 is 0 Å². The van der Waals surface area contributed by atoms with Gasteiger partial charge in [0.05, 0.1) is 11.8 Å². The molecule has 1 atom stereocenters. The van der Waals surface area contributed by atoms with Gasteiger partial charge in [-0.1, -0.05) is 23.8 Å². The maximum Gasteiger partial charge on any atom is 0.115 e. The molecule has 1 heterocycles. The fourth-order valence-corrected chi connectivity index (χ4v) is 1.84. The quantitative estimate of drug-likeness (QED) is 0.786. The molecule has 0 aliphatic rings. The molecule has 0 saturated carbocycles. The van der Waals surface area contributed by atoms with Crippen molar-refractivity contribution in [1.82, 2.24) is 9.97 Å². The molecule has 2 aromatic rings. The minimum absolute atomic E-state index is 0.321. The van der Waals surface area contributed by atoms with Gasteiger partial charge in [-0.25, -0.2) is 9.97 Å². The molecule has 84 valence electrons. The third-order valence-corrected chi connectivity index (χ3v) is 2.78. The molecular weight excluding hydrogens is 210 g/mol. The second-order valence-corrected chi connectivity index (χ2v) is 4.06. The van der Waals surface area contributed by atoms with Crippen molar-refractivity contribution in [3.05, 3.63) is 59.2 Å². The van der Waals surface area contributed by atoms with Gasteiger partial charge in [-0.05, 0) is 31.0 Å². The zero-order valence-corrected chi connectivity index (χ0v) is 9.88. The van der Waals surface area contributed by atoms with Crippen LogP contribution in [-0.4, -0.2) is 9.97 Å². The van der Waals surface area contributed by atoms with Crippen LogP contribution in [0.4, 0.5) is 0 Å². The molecule has 0 saturated heterocycles. The topological polar surface area (TPSA) is 49.6 Å². The van der Waals surface area contributed by atoms with Crippen molar-refractivity contribution in [2.45, 2.75) is 19.8 Å².